The van der Waals surface area contributed by atoms with Gasteiger partial charge in [0.1, 0.15) is 5.82 Å². The van der Waals surface area contributed by atoms with Gasteiger partial charge in [-0.05, 0) is 26.3 Å². The van der Waals surface area contributed by atoms with Gasteiger partial charge in [-0.25, -0.2) is 4.98 Å². The molecule has 0 aliphatic heterocycles. The van der Waals surface area contributed by atoms with Crippen molar-refractivity contribution in [3.63, 3.8) is 0 Å². The number of rotatable bonds is 6. The number of aromatic nitrogens is 3. The van der Waals surface area contributed by atoms with E-state index in [2.05, 4.69) is 27.2 Å². The van der Waals surface area contributed by atoms with Crippen LogP contribution >= 0.6 is 0 Å². The topological polar surface area (TPSA) is 97.0 Å². The Morgan fingerprint density at radius 3 is 2.81 bits per heavy atom. The third-order valence-electron chi connectivity index (χ3n) is 3.59. The number of aryl methyl sites for hydroxylation is 1. The van der Waals surface area contributed by atoms with E-state index in [1.165, 1.54) is 0 Å². The van der Waals surface area contributed by atoms with Gasteiger partial charge >= 0.3 is 0 Å². The number of anilines is 2. The summed E-state index contributed by atoms with van der Waals surface area (Å²) in [7, 11) is 0. The monoisotopic (exact) mass is 289 g/mol. The van der Waals surface area contributed by atoms with Gasteiger partial charge in [0, 0.05) is 11.1 Å². The van der Waals surface area contributed by atoms with Crippen LogP contribution < -0.4 is 11.1 Å². The van der Waals surface area contributed by atoms with E-state index in [1.54, 1.807) is 6.20 Å². The van der Waals surface area contributed by atoms with Crippen molar-refractivity contribution in [2.75, 3.05) is 17.7 Å². The van der Waals surface area contributed by atoms with E-state index in [4.69, 9.17) is 5.73 Å². The molecule has 21 heavy (non-hydrogen) atoms. The zero-order valence-electron chi connectivity index (χ0n) is 12.8. The molecule has 2 aromatic rings. The summed E-state index contributed by atoms with van der Waals surface area (Å²) in [5.41, 5.74) is 6.93. The molecule has 0 saturated carbocycles. The second kappa shape index (κ2) is 6.22. The van der Waals surface area contributed by atoms with Crippen LogP contribution in [0, 0.1) is 6.92 Å². The quantitative estimate of drug-likeness (QED) is 0.754. The van der Waals surface area contributed by atoms with Crippen LogP contribution in [0.3, 0.4) is 0 Å². The Morgan fingerprint density at radius 2 is 2.14 bits per heavy atom. The molecule has 1 atom stereocenters. The molecule has 0 saturated heterocycles. The number of aliphatic hydroxyl groups is 1. The Balaban J connectivity index is 2.42. The summed E-state index contributed by atoms with van der Waals surface area (Å²) in [6.07, 6.45) is 4.65. The minimum atomic E-state index is -0.430. The Morgan fingerprint density at radius 1 is 1.38 bits per heavy atom. The van der Waals surface area contributed by atoms with Crippen molar-refractivity contribution in [3.05, 3.63) is 18.0 Å². The van der Waals surface area contributed by atoms with Crippen molar-refractivity contribution in [2.24, 2.45) is 0 Å². The predicted octanol–water partition coefficient (Wildman–Crippen LogP) is 2.27. The van der Waals surface area contributed by atoms with Crippen LogP contribution in [0.25, 0.3) is 10.9 Å². The number of fused-ring (bicyclic) bond motifs is 1. The molecular weight excluding hydrogens is 266 g/mol. The van der Waals surface area contributed by atoms with Gasteiger partial charge in [-0.15, -0.1) is 0 Å². The molecule has 0 bridgehead atoms. The Bertz CT molecular complexity index is 631. The van der Waals surface area contributed by atoms with Gasteiger partial charge in [0.2, 0.25) is 5.95 Å². The number of pyridine rings is 1. The summed E-state index contributed by atoms with van der Waals surface area (Å²) in [6, 6.07) is 1.93. The molecule has 0 radical (unpaired) electrons. The van der Waals surface area contributed by atoms with Crippen molar-refractivity contribution in [2.45, 2.75) is 45.6 Å². The predicted molar refractivity (Wildman–Crippen MR) is 85.1 cm³/mol. The third-order valence-corrected chi connectivity index (χ3v) is 3.59. The molecule has 2 heterocycles. The molecule has 4 N–H and O–H groups in total. The van der Waals surface area contributed by atoms with Gasteiger partial charge in [-0.2, -0.15) is 4.98 Å². The van der Waals surface area contributed by atoms with E-state index in [-0.39, 0.29) is 12.6 Å². The lowest BCUT2D eigenvalue weighted by Crippen LogP contribution is -2.39. The summed E-state index contributed by atoms with van der Waals surface area (Å²) in [6.45, 7) is 6.07. The highest BCUT2D eigenvalue weighted by molar-refractivity contribution is 5.89. The minimum absolute atomic E-state index is 0.0302. The number of nitrogens with two attached hydrogens (primary N) is 1. The first-order valence-corrected chi connectivity index (χ1v) is 7.26. The molecule has 2 rings (SSSR count). The van der Waals surface area contributed by atoms with Gasteiger partial charge in [-0.1, -0.05) is 19.8 Å². The van der Waals surface area contributed by atoms with Gasteiger partial charge in [-0.3, -0.25) is 4.98 Å². The summed E-state index contributed by atoms with van der Waals surface area (Å²) < 4.78 is 0. The van der Waals surface area contributed by atoms with Crippen LogP contribution in [0.5, 0.6) is 0 Å². The first-order valence-electron chi connectivity index (χ1n) is 7.26. The van der Waals surface area contributed by atoms with Gasteiger partial charge < -0.3 is 16.2 Å². The lowest BCUT2D eigenvalue weighted by molar-refractivity contribution is 0.212. The Hall–Kier alpha value is -1.95. The van der Waals surface area contributed by atoms with Crippen LogP contribution in [-0.2, 0) is 0 Å². The summed E-state index contributed by atoms with van der Waals surface area (Å²) in [4.78, 5) is 12.7. The standard InChI is InChI=1S/C15H23N5O/c1-4-5-6-15(3,9-21)20-13-11-7-10(2)17-8-12(11)18-14(16)19-13/h7-8,21H,4-6,9H2,1-3H3,(H3,16,18,19,20)/t15-/m1/s1. The fourth-order valence-electron chi connectivity index (χ4n) is 2.28. The molecule has 0 amide bonds. The van der Waals surface area contributed by atoms with Crippen LogP contribution in [0.15, 0.2) is 12.3 Å². The van der Waals surface area contributed by atoms with Crippen LogP contribution in [0.4, 0.5) is 11.8 Å². The van der Waals surface area contributed by atoms with Crippen molar-refractivity contribution in [1.29, 1.82) is 0 Å². The molecule has 0 unspecified atom stereocenters. The fraction of sp³-hybridized carbons (Fsp3) is 0.533. The van der Waals surface area contributed by atoms with E-state index in [0.717, 1.165) is 30.3 Å². The number of hydrogen-bond donors (Lipinski definition) is 3. The highest BCUT2D eigenvalue weighted by atomic mass is 16.3. The highest BCUT2D eigenvalue weighted by Crippen LogP contribution is 2.26. The molecule has 6 heteroatoms. The van der Waals surface area contributed by atoms with Crippen molar-refractivity contribution >= 4 is 22.7 Å². The molecule has 0 fully saturated rings. The van der Waals surface area contributed by atoms with E-state index in [1.807, 2.05) is 19.9 Å². The normalized spacial score (nSPS) is 14.1. The number of unbranched alkanes of at least 4 members (excludes halogenated alkanes) is 1. The van der Waals surface area contributed by atoms with Crippen LogP contribution in [0.1, 0.15) is 38.8 Å². The van der Waals surface area contributed by atoms with E-state index in [0.29, 0.717) is 11.3 Å². The molecule has 0 aliphatic carbocycles. The maximum Gasteiger partial charge on any atom is 0.222 e. The molecule has 0 spiro atoms. The Labute approximate surface area is 124 Å². The highest BCUT2D eigenvalue weighted by Gasteiger charge is 2.24. The summed E-state index contributed by atoms with van der Waals surface area (Å²) in [5, 5.41) is 13.9. The number of aliphatic hydroxyl groups excluding tert-OH is 1. The number of nitrogens with one attached hydrogen (secondary N) is 1. The molecule has 2 aromatic heterocycles. The third kappa shape index (κ3) is 3.58. The number of nitrogen functional groups attached to an aromatic ring is 1. The maximum atomic E-state index is 9.72. The zero-order chi connectivity index (χ0) is 15.5. The van der Waals surface area contributed by atoms with Crippen molar-refractivity contribution in [1.82, 2.24) is 15.0 Å². The summed E-state index contributed by atoms with van der Waals surface area (Å²) >= 11 is 0. The van der Waals surface area contributed by atoms with Crippen molar-refractivity contribution in [3.8, 4) is 0 Å². The first-order chi connectivity index (χ1) is 9.97. The second-order valence-electron chi connectivity index (χ2n) is 5.72. The lowest BCUT2D eigenvalue weighted by atomic mass is 9.95. The van der Waals surface area contributed by atoms with Crippen LogP contribution in [-0.4, -0.2) is 32.2 Å². The van der Waals surface area contributed by atoms with Crippen LogP contribution in [0.2, 0.25) is 0 Å². The average Bonchev–Trinajstić information content (AvgIpc) is 2.46. The molecular formula is C15H23N5O. The number of nitrogens with zero attached hydrogens (tertiary/aromatic N) is 3. The molecule has 0 aromatic carbocycles. The first kappa shape index (κ1) is 15.4. The lowest BCUT2D eigenvalue weighted by Gasteiger charge is -2.29. The second-order valence-corrected chi connectivity index (χ2v) is 5.72. The van der Waals surface area contributed by atoms with E-state index < -0.39 is 5.54 Å². The maximum absolute atomic E-state index is 9.72. The number of hydrogen-bond acceptors (Lipinski definition) is 6. The van der Waals surface area contributed by atoms with Gasteiger partial charge in [0.15, 0.2) is 0 Å². The average molecular weight is 289 g/mol. The molecule has 6 nitrogen and oxygen atoms in total. The van der Waals surface area contributed by atoms with E-state index >= 15 is 0 Å². The fourth-order valence-corrected chi connectivity index (χ4v) is 2.28. The SMILES string of the molecule is CCCC[C@](C)(CO)Nc1nc(N)nc2cnc(C)cc12. The molecule has 0 aliphatic rings. The zero-order valence-corrected chi connectivity index (χ0v) is 12.8. The largest absolute Gasteiger partial charge is 0.394 e. The smallest absolute Gasteiger partial charge is 0.222 e. The van der Waals surface area contributed by atoms with Crippen molar-refractivity contribution < 1.29 is 5.11 Å². The minimum Gasteiger partial charge on any atom is -0.394 e. The summed E-state index contributed by atoms with van der Waals surface area (Å²) in [5.74, 6) is 0.849. The molecule has 114 valence electrons. The van der Waals surface area contributed by atoms with E-state index in [9.17, 15) is 5.11 Å². The Kier molecular flexibility index (Phi) is 4.57. The van der Waals surface area contributed by atoms with Gasteiger partial charge in [0.05, 0.1) is 23.9 Å². The van der Waals surface area contributed by atoms with Gasteiger partial charge in [0.25, 0.3) is 0 Å².